The van der Waals surface area contributed by atoms with Crippen LogP contribution in [0.25, 0.3) is 0 Å². The predicted molar refractivity (Wildman–Crippen MR) is 67.4 cm³/mol. The van der Waals surface area contributed by atoms with Crippen molar-refractivity contribution in [1.29, 1.82) is 0 Å². The molecule has 0 aliphatic rings. The maximum atomic E-state index is 10.3. The first-order valence-electron chi connectivity index (χ1n) is 6.44. The molecule has 5 heteroatoms. The largest absolute Gasteiger partial charge is 2.00 e. The molecular formula is C14H26CoO4. The van der Waals surface area contributed by atoms with E-state index in [0.717, 1.165) is 12.8 Å². The number of aliphatic carboxylic acids is 2. The molecule has 0 aromatic carbocycles. The van der Waals surface area contributed by atoms with Crippen molar-refractivity contribution in [2.45, 2.75) is 67.2 Å². The van der Waals surface area contributed by atoms with Crippen LogP contribution in [0, 0.1) is 10.8 Å². The Kier molecular flexibility index (Phi) is 12.7. The third-order valence-corrected chi connectivity index (χ3v) is 2.86. The molecule has 0 aromatic rings. The summed E-state index contributed by atoms with van der Waals surface area (Å²) in [4.78, 5) is 20.6. The quantitative estimate of drug-likeness (QED) is 0.735. The van der Waals surface area contributed by atoms with Gasteiger partial charge in [0.05, 0.1) is 0 Å². The standard InChI is InChI=1S/2C7H14O2.Co/c2*1-4-5-7(2,3)6(8)9;/h2*4-5H2,1-3H3,(H,8,9);/q;;+2/p-2. The van der Waals surface area contributed by atoms with Gasteiger partial charge in [0.25, 0.3) is 0 Å². The van der Waals surface area contributed by atoms with Crippen molar-refractivity contribution in [3.8, 4) is 0 Å². The number of carbonyl (C=O) groups is 2. The van der Waals surface area contributed by atoms with Crippen LogP contribution < -0.4 is 10.2 Å². The zero-order valence-corrected chi connectivity index (χ0v) is 13.8. The minimum absolute atomic E-state index is 0. The van der Waals surface area contributed by atoms with Gasteiger partial charge in [0.1, 0.15) is 0 Å². The molecule has 1 radical (unpaired) electrons. The number of carbonyl (C=O) groups excluding carboxylic acids is 2. The van der Waals surface area contributed by atoms with E-state index in [2.05, 4.69) is 0 Å². The Hall–Kier alpha value is -0.554. The second-order valence-corrected chi connectivity index (χ2v) is 5.84. The van der Waals surface area contributed by atoms with Crippen molar-refractivity contribution in [3.63, 3.8) is 0 Å². The molecule has 19 heavy (non-hydrogen) atoms. The van der Waals surface area contributed by atoms with Gasteiger partial charge in [0.2, 0.25) is 0 Å². The van der Waals surface area contributed by atoms with Gasteiger partial charge in [0, 0.05) is 22.8 Å². The summed E-state index contributed by atoms with van der Waals surface area (Å²) < 4.78 is 0. The molecule has 0 fully saturated rings. The molecule has 0 heterocycles. The molecule has 0 bridgehead atoms. The molecule has 0 unspecified atom stereocenters. The van der Waals surface area contributed by atoms with E-state index in [1.807, 2.05) is 13.8 Å². The second-order valence-electron chi connectivity index (χ2n) is 5.84. The Morgan fingerprint density at radius 1 is 0.789 bits per heavy atom. The Bertz CT molecular complexity index is 245. The molecule has 0 aliphatic carbocycles. The van der Waals surface area contributed by atoms with Crippen molar-refractivity contribution in [1.82, 2.24) is 0 Å². The average Bonchev–Trinajstić information content (AvgIpc) is 2.17. The smallest absolute Gasteiger partial charge is 0.550 e. The number of rotatable bonds is 6. The number of carboxylic acids is 2. The molecule has 0 amide bonds. The summed E-state index contributed by atoms with van der Waals surface area (Å²) in [6.07, 6.45) is 3.16. The van der Waals surface area contributed by atoms with Crippen LogP contribution in [0.15, 0.2) is 0 Å². The molecule has 4 nitrogen and oxygen atoms in total. The molecular weight excluding hydrogens is 291 g/mol. The van der Waals surface area contributed by atoms with Crippen LogP contribution in [0.1, 0.15) is 67.2 Å². The van der Waals surface area contributed by atoms with Crippen molar-refractivity contribution < 1.29 is 36.6 Å². The Labute approximate surface area is 127 Å². The molecule has 115 valence electrons. The van der Waals surface area contributed by atoms with E-state index >= 15 is 0 Å². The van der Waals surface area contributed by atoms with E-state index in [1.165, 1.54) is 0 Å². The van der Waals surface area contributed by atoms with Gasteiger partial charge in [-0.25, -0.2) is 0 Å². The fourth-order valence-electron chi connectivity index (χ4n) is 1.45. The predicted octanol–water partition coefficient (Wildman–Crippen LogP) is 1.12. The van der Waals surface area contributed by atoms with Crippen molar-refractivity contribution in [2.24, 2.45) is 10.8 Å². The van der Waals surface area contributed by atoms with Crippen molar-refractivity contribution in [2.75, 3.05) is 0 Å². The first-order chi connectivity index (χ1) is 8.01. The summed E-state index contributed by atoms with van der Waals surface area (Å²) in [6.45, 7) is 10.7. The summed E-state index contributed by atoms with van der Waals surface area (Å²) in [5, 5.41) is 20.6. The molecule has 0 saturated carbocycles. The summed E-state index contributed by atoms with van der Waals surface area (Å²) in [7, 11) is 0. The van der Waals surface area contributed by atoms with Gasteiger partial charge >= 0.3 is 16.8 Å². The van der Waals surface area contributed by atoms with Crippen LogP contribution in [0.2, 0.25) is 0 Å². The molecule has 0 atom stereocenters. The van der Waals surface area contributed by atoms with Gasteiger partial charge in [-0.2, -0.15) is 0 Å². The van der Waals surface area contributed by atoms with Gasteiger partial charge in [-0.3, -0.25) is 0 Å². The minimum atomic E-state index is -0.954. The monoisotopic (exact) mass is 317 g/mol. The first kappa shape index (κ1) is 23.5. The Morgan fingerprint density at radius 3 is 1.05 bits per heavy atom. The first-order valence-corrected chi connectivity index (χ1v) is 6.44. The van der Waals surface area contributed by atoms with Crippen molar-refractivity contribution in [3.05, 3.63) is 0 Å². The van der Waals surface area contributed by atoms with Crippen LogP contribution in [0.3, 0.4) is 0 Å². The van der Waals surface area contributed by atoms with Crippen LogP contribution >= 0.6 is 0 Å². The van der Waals surface area contributed by atoms with Gasteiger partial charge in [-0.1, -0.05) is 54.4 Å². The van der Waals surface area contributed by atoms with E-state index in [9.17, 15) is 19.8 Å². The van der Waals surface area contributed by atoms with Crippen LogP contribution in [0.4, 0.5) is 0 Å². The fraction of sp³-hybridized carbons (Fsp3) is 0.857. The van der Waals surface area contributed by atoms with Gasteiger partial charge in [-0.15, -0.1) is 0 Å². The molecule has 0 rings (SSSR count). The van der Waals surface area contributed by atoms with E-state index in [0.29, 0.717) is 12.8 Å². The summed E-state index contributed by atoms with van der Waals surface area (Å²) in [6, 6.07) is 0. The fourth-order valence-corrected chi connectivity index (χ4v) is 1.45. The Balaban J connectivity index is -0.000000256. The summed E-state index contributed by atoms with van der Waals surface area (Å²) in [5.41, 5.74) is -1.29. The normalized spacial score (nSPS) is 10.8. The molecule has 0 N–H and O–H groups in total. The molecule has 0 saturated heterocycles. The van der Waals surface area contributed by atoms with Crippen LogP contribution in [-0.4, -0.2) is 11.9 Å². The molecule has 0 aromatic heterocycles. The van der Waals surface area contributed by atoms with Crippen LogP contribution in [-0.2, 0) is 26.4 Å². The SMILES string of the molecule is CCCC(C)(C)C(=O)[O-].CCCC(C)(C)C(=O)[O-].[Co+2]. The molecule has 0 spiro atoms. The summed E-state index contributed by atoms with van der Waals surface area (Å²) >= 11 is 0. The summed E-state index contributed by atoms with van der Waals surface area (Å²) in [5.74, 6) is -1.91. The molecule has 0 aliphatic heterocycles. The van der Waals surface area contributed by atoms with E-state index < -0.39 is 22.8 Å². The topological polar surface area (TPSA) is 80.3 Å². The second kappa shape index (κ2) is 10.3. The van der Waals surface area contributed by atoms with E-state index in [-0.39, 0.29) is 16.8 Å². The maximum absolute atomic E-state index is 10.3. The zero-order chi connectivity index (χ0) is 15.0. The van der Waals surface area contributed by atoms with Crippen molar-refractivity contribution >= 4 is 11.9 Å². The maximum Gasteiger partial charge on any atom is 2.00 e. The van der Waals surface area contributed by atoms with E-state index in [4.69, 9.17) is 0 Å². The van der Waals surface area contributed by atoms with Gasteiger partial charge in [0.15, 0.2) is 0 Å². The van der Waals surface area contributed by atoms with Gasteiger partial charge in [-0.05, 0) is 12.8 Å². The van der Waals surface area contributed by atoms with E-state index in [1.54, 1.807) is 27.7 Å². The minimum Gasteiger partial charge on any atom is -0.550 e. The zero-order valence-electron chi connectivity index (χ0n) is 12.8. The van der Waals surface area contributed by atoms with Crippen LogP contribution in [0.5, 0.6) is 0 Å². The number of carboxylic acid groups (broad SMARTS) is 2. The third kappa shape index (κ3) is 11.0. The number of hydrogen-bond donors (Lipinski definition) is 0. The van der Waals surface area contributed by atoms with Gasteiger partial charge < -0.3 is 19.8 Å². The Morgan fingerprint density at radius 2 is 1.00 bits per heavy atom. The number of hydrogen-bond acceptors (Lipinski definition) is 4. The third-order valence-electron chi connectivity index (χ3n) is 2.86. The average molecular weight is 317 g/mol.